The number of carbonyl (C=O) groups is 1. The number of hydrogen-bond donors (Lipinski definition) is 1. The van der Waals surface area contributed by atoms with Gasteiger partial charge < -0.3 is 9.64 Å². The Labute approximate surface area is 96.2 Å². The summed E-state index contributed by atoms with van der Waals surface area (Å²) in [6.45, 7) is 2.58. The average Bonchev–Trinajstić information content (AvgIpc) is 2.17. The van der Waals surface area contributed by atoms with Crippen LogP contribution in [0.1, 0.15) is 6.92 Å². The number of benzene rings is 1. The number of nitrogens with zero attached hydrogens (tertiary/aromatic N) is 1. The van der Waals surface area contributed by atoms with Crippen LogP contribution in [0.4, 0.5) is 10.5 Å². The van der Waals surface area contributed by atoms with Gasteiger partial charge in [-0.3, -0.25) is 5.32 Å². The van der Waals surface area contributed by atoms with E-state index < -0.39 is 6.09 Å². The van der Waals surface area contributed by atoms with Crippen molar-refractivity contribution in [1.29, 1.82) is 0 Å². The van der Waals surface area contributed by atoms with Crippen LogP contribution >= 0.6 is 0 Å². The largest absolute Gasteiger partial charge is 0.445 e. The second kappa shape index (κ2) is 6.12. The zero-order chi connectivity index (χ0) is 12.0. The Balaban J connectivity index is 2.36. The Morgan fingerprint density at radius 1 is 1.38 bits per heavy atom. The molecule has 0 spiro atoms. The summed E-state index contributed by atoms with van der Waals surface area (Å²) in [6.07, 6.45) is -0.542. The fourth-order valence-corrected chi connectivity index (χ4v) is 1.40. The highest BCUT2D eigenvalue weighted by Gasteiger charge is 2.09. The number of carbonyl (C=O) groups excluding carboxylic acids is 1. The van der Waals surface area contributed by atoms with Crippen LogP contribution in [0.15, 0.2) is 30.3 Å². The molecule has 0 radical (unpaired) electrons. The van der Waals surface area contributed by atoms with Crippen molar-refractivity contribution in [3.05, 3.63) is 30.3 Å². The number of anilines is 1. The molecule has 0 saturated heterocycles. The van der Waals surface area contributed by atoms with Crippen molar-refractivity contribution in [3.8, 4) is 0 Å². The Morgan fingerprint density at radius 3 is 2.56 bits per heavy atom. The zero-order valence-corrected chi connectivity index (χ0v) is 9.93. The first-order valence-corrected chi connectivity index (χ1v) is 5.25. The summed E-state index contributed by atoms with van der Waals surface area (Å²) < 4.78 is 5.17. The molecule has 1 amide bonds. The van der Waals surface area contributed by atoms with Crippen LogP contribution in [0.25, 0.3) is 0 Å². The molecular formula is C12H18N2O2. The number of para-hydroxylation sites is 1. The summed E-state index contributed by atoms with van der Waals surface area (Å²) in [6, 6.07) is 9.25. The molecule has 4 nitrogen and oxygen atoms in total. The van der Waals surface area contributed by atoms with E-state index in [0.29, 0.717) is 6.54 Å². The molecular weight excluding hydrogens is 204 g/mol. The first kappa shape index (κ1) is 12.5. The van der Waals surface area contributed by atoms with Gasteiger partial charge in [-0.05, 0) is 33.2 Å². The molecule has 0 unspecified atom stereocenters. The maximum absolute atomic E-state index is 11.5. The lowest BCUT2D eigenvalue weighted by molar-refractivity contribution is 0.103. The second-order valence-corrected chi connectivity index (χ2v) is 3.97. The Morgan fingerprint density at radius 2 is 2.00 bits per heavy atom. The van der Waals surface area contributed by atoms with Gasteiger partial charge in [-0.15, -0.1) is 0 Å². The summed E-state index contributed by atoms with van der Waals surface area (Å²) in [5.41, 5.74) is 0.740. The Hall–Kier alpha value is -1.55. The van der Waals surface area contributed by atoms with E-state index in [0.717, 1.165) is 5.69 Å². The zero-order valence-electron chi connectivity index (χ0n) is 9.93. The third kappa shape index (κ3) is 4.79. The van der Waals surface area contributed by atoms with E-state index in [1.54, 1.807) is 0 Å². The van der Waals surface area contributed by atoms with Crippen molar-refractivity contribution in [1.82, 2.24) is 4.90 Å². The molecule has 0 aliphatic carbocycles. The Bertz CT molecular complexity index is 325. The van der Waals surface area contributed by atoms with Crippen LogP contribution in [0.3, 0.4) is 0 Å². The van der Waals surface area contributed by atoms with Crippen LogP contribution in [0.5, 0.6) is 0 Å². The molecule has 0 aliphatic heterocycles. The highest BCUT2D eigenvalue weighted by atomic mass is 16.6. The number of hydrogen-bond acceptors (Lipinski definition) is 3. The van der Waals surface area contributed by atoms with Crippen LogP contribution in [0, 0.1) is 0 Å². The van der Waals surface area contributed by atoms with Gasteiger partial charge in [0.25, 0.3) is 0 Å². The molecule has 4 heteroatoms. The quantitative estimate of drug-likeness (QED) is 0.849. The van der Waals surface area contributed by atoms with E-state index in [2.05, 4.69) is 5.32 Å². The molecule has 1 N–H and O–H groups in total. The number of likely N-dealkylation sites (N-methyl/N-ethyl adjacent to an activating group) is 1. The van der Waals surface area contributed by atoms with Gasteiger partial charge in [0.2, 0.25) is 0 Å². The minimum absolute atomic E-state index is 0.126. The van der Waals surface area contributed by atoms with E-state index in [1.807, 2.05) is 56.3 Å². The summed E-state index contributed by atoms with van der Waals surface area (Å²) in [4.78, 5) is 13.4. The van der Waals surface area contributed by atoms with E-state index in [4.69, 9.17) is 4.74 Å². The van der Waals surface area contributed by atoms with Gasteiger partial charge in [0.15, 0.2) is 0 Å². The lowest BCUT2D eigenvalue weighted by Gasteiger charge is -2.17. The minimum Gasteiger partial charge on any atom is -0.445 e. The lowest BCUT2D eigenvalue weighted by atomic mass is 10.3. The van der Waals surface area contributed by atoms with Crippen LogP contribution < -0.4 is 5.32 Å². The molecule has 1 rings (SSSR count). The average molecular weight is 222 g/mol. The van der Waals surface area contributed by atoms with Gasteiger partial charge in [0, 0.05) is 12.2 Å². The minimum atomic E-state index is -0.416. The highest BCUT2D eigenvalue weighted by Crippen LogP contribution is 2.06. The normalized spacial score (nSPS) is 12.2. The molecule has 1 aromatic rings. The predicted molar refractivity (Wildman–Crippen MR) is 64.6 cm³/mol. The first-order valence-electron chi connectivity index (χ1n) is 5.25. The third-order valence-electron chi connectivity index (χ3n) is 1.95. The molecule has 16 heavy (non-hydrogen) atoms. The highest BCUT2D eigenvalue weighted by molar-refractivity contribution is 5.84. The summed E-state index contributed by atoms with van der Waals surface area (Å²) in [5, 5.41) is 2.67. The maximum atomic E-state index is 11.5. The second-order valence-electron chi connectivity index (χ2n) is 3.97. The van der Waals surface area contributed by atoms with E-state index in [-0.39, 0.29) is 6.10 Å². The SMILES string of the molecule is C[C@H](CN(C)C)OC(=O)Nc1ccccc1. The lowest BCUT2D eigenvalue weighted by Crippen LogP contribution is -2.29. The van der Waals surface area contributed by atoms with Gasteiger partial charge in [-0.25, -0.2) is 4.79 Å². The molecule has 0 aromatic heterocycles. The standard InChI is InChI=1S/C12H18N2O2/c1-10(9-14(2)3)16-12(15)13-11-7-5-4-6-8-11/h4-8,10H,9H2,1-3H3,(H,13,15)/t10-/m1/s1. The maximum Gasteiger partial charge on any atom is 0.411 e. The third-order valence-corrected chi connectivity index (χ3v) is 1.95. The van der Waals surface area contributed by atoms with Gasteiger partial charge in [-0.1, -0.05) is 18.2 Å². The van der Waals surface area contributed by atoms with Crippen molar-refractivity contribution in [3.63, 3.8) is 0 Å². The van der Waals surface area contributed by atoms with Gasteiger partial charge >= 0.3 is 6.09 Å². The number of nitrogens with one attached hydrogen (secondary N) is 1. The summed E-state index contributed by atoms with van der Waals surface area (Å²) >= 11 is 0. The fourth-order valence-electron chi connectivity index (χ4n) is 1.40. The number of amides is 1. The monoisotopic (exact) mass is 222 g/mol. The Kier molecular flexibility index (Phi) is 4.79. The van der Waals surface area contributed by atoms with Crippen molar-refractivity contribution in [2.75, 3.05) is 26.0 Å². The molecule has 0 saturated carbocycles. The van der Waals surface area contributed by atoms with Gasteiger partial charge in [0.1, 0.15) is 6.10 Å². The van der Waals surface area contributed by atoms with Crippen molar-refractivity contribution in [2.45, 2.75) is 13.0 Å². The molecule has 0 bridgehead atoms. The van der Waals surface area contributed by atoms with Crippen LogP contribution in [-0.4, -0.2) is 37.7 Å². The van der Waals surface area contributed by atoms with Crippen molar-refractivity contribution >= 4 is 11.8 Å². The molecule has 0 aliphatic rings. The van der Waals surface area contributed by atoms with E-state index in [1.165, 1.54) is 0 Å². The topological polar surface area (TPSA) is 41.6 Å². The smallest absolute Gasteiger partial charge is 0.411 e. The predicted octanol–water partition coefficient (Wildman–Crippen LogP) is 2.19. The van der Waals surface area contributed by atoms with Crippen molar-refractivity contribution in [2.24, 2.45) is 0 Å². The van der Waals surface area contributed by atoms with Gasteiger partial charge in [0.05, 0.1) is 0 Å². The van der Waals surface area contributed by atoms with Crippen molar-refractivity contribution < 1.29 is 9.53 Å². The molecule has 0 fully saturated rings. The van der Waals surface area contributed by atoms with Crippen LogP contribution in [0.2, 0.25) is 0 Å². The number of rotatable bonds is 4. The number of ether oxygens (including phenoxy) is 1. The molecule has 1 aromatic carbocycles. The van der Waals surface area contributed by atoms with Crippen LogP contribution in [-0.2, 0) is 4.74 Å². The first-order chi connectivity index (χ1) is 7.58. The summed E-state index contributed by atoms with van der Waals surface area (Å²) in [5.74, 6) is 0. The van der Waals surface area contributed by atoms with E-state index >= 15 is 0 Å². The fraction of sp³-hybridized carbons (Fsp3) is 0.417. The van der Waals surface area contributed by atoms with E-state index in [9.17, 15) is 4.79 Å². The molecule has 88 valence electrons. The molecule has 0 heterocycles. The van der Waals surface area contributed by atoms with Gasteiger partial charge in [-0.2, -0.15) is 0 Å². The summed E-state index contributed by atoms with van der Waals surface area (Å²) in [7, 11) is 3.88. The molecule has 1 atom stereocenters.